The molecule has 1 heterocycles. The molecule has 1 unspecified atom stereocenters. The molecule has 1 aliphatic rings. The van der Waals surface area contributed by atoms with Gasteiger partial charge in [0.05, 0.1) is 19.4 Å². The second kappa shape index (κ2) is 13.3. The van der Waals surface area contributed by atoms with Gasteiger partial charge in [-0.05, 0) is 43.2 Å². The van der Waals surface area contributed by atoms with E-state index in [-0.39, 0.29) is 35.8 Å². The Labute approximate surface area is 210 Å². The predicted molar refractivity (Wildman–Crippen MR) is 137 cm³/mol. The van der Waals surface area contributed by atoms with Gasteiger partial charge in [-0.2, -0.15) is 8.78 Å². The van der Waals surface area contributed by atoms with Crippen molar-refractivity contribution in [3.05, 3.63) is 48.0 Å². The second-order valence-corrected chi connectivity index (χ2v) is 7.27. The average Bonchev–Trinajstić information content (AvgIpc) is 3.25. The zero-order valence-electron chi connectivity index (χ0n) is 19.0. The van der Waals surface area contributed by atoms with Gasteiger partial charge in [-0.15, -0.1) is 24.0 Å². The lowest BCUT2D eigenvalue weighted by Gasteiger charge is -2.22. The molecule has 3 rings (SSSR count). The molecule has 2 aromatic rings. The molecular weight excluding hydrogens is 545 g/mol. The predicted octanol–water partition coefficient (Wildman–Crippen LogP) is 4.26. The summed E-state index contributed by atoms with van der Waals surface area (Å²) < 4.78 is 41.1. The Morgan fingerprint density at radius 1 is 1.18 bits per heavy atom. The molecule has 1 fully saturated rings. The van der Waals surface area contributed by atoms with Crippen LogP contribution < -0.4 is 29.7 Å². The summed E-state index contributed by atoms with van der Waals surface area (Å²) in [4.78, 5) is 6.35. The first-order valence-corrected chi connectivity index (χ1v) is 10.6. The van der Waals surface area contributed by atoms with Gasteiger partial charge in [-0.1, -0.05) is 18.2 Å². The molecule has 1 atom stereocenters. The summed E-state index contributed by atoms with van der Waals surface area (Å²) in [6.45, 7) is 1.58. The van der Waals surface area contributed by atoms with Gasteiger partial charge >= 0.3 is 6.61 Å². The van der Waals surface area contributed by atoms with E-state index in [0.717, 1.165) is 18.5 Å². The van der Waals surface area contributed by atoms with Crippen LogP contribution in [0, 0.1) is 0 Å². The quantitative estimate of drug-likeness (QED) is 0.265. The van der Waals surface area contributed by atoms with E-state index in [1.165, 1.54) is 0 Å². The van der Waals surface area contributed by atoms with Crippen LogP contribution in [-0.4, -0.2) is 52.5 Å². The van der Waals surface area contributed by atoms with Crippen molar-refractivity contribution < 1.29 is 23.0 Å². The molecule has 0 aliphatic carbocycles. The van der Waals surface area contributed by atoms with Crippen LogP contribution in [0.25, 0.3) is 0 Å². The highest BCUT2D eigenvalue weighted by Crippen LogP contribution is 2.32. The van der Waals surface area contributed by atoms with E-state index < -0.39 is 6.61 Å². The van der Waals surface area contributed by atoms with Crippen LogP contribution in [0.2, 0.25) is 0 Å². The first-order chi connectivity index (χ1) is 15.5. The zero-order chi connectivity index (χ0) is 22.9. The van der Waals surface area contributed by atoms with Gasteiger partial charge in [-0.25, -0.2) is 0 Å². The number of benzene rings is 2. The van der Waals surface area contributed by atoms with Gasteiger partial charge in [0.2, 0.25) is 0 Å². The lowest BCUT2D eigenvalue weighted by atomic mass is 10.2. The molecule has 0 amide bonds. The number of anilines is 1. The minimum absolute atomic E-state index is 0. The van der Waals surface area contributed by atoms with Crippen LogP contribution in [-0.2, 0) is 6.54 Å². The average molecular weight is 576 g/mol. The molecule has 1 saturated heterocycles. The number of para-hydroxylation sites is 2. The Balaban J connectivity index is 0.00000385. The van der Waals surface area contributed by atoms with Crippen LogP contribution in [0.3, 0.4) is 0 Å². The first kappa shape index (κ1) is 26.7. The van der Waals surface area contributed by atoms with Crippen LogP contribution in [0.4, 0.5) is 14.5 Å². The number of hydrogen-bond acceptors (Lipinski definition) is 5. The fourth-order valence-electron chi connectivity index (χ4n) is 3.68. The number of halogens is 3. The Hall–Kier alpha value is -2.50. The monoisotopic (exact) mass is 576 g/mol. The minimum atomic E-state index is -2.85. The highest BCUT2D eigenvalue weighted by Gasteiger charge is 2.26. The maximum absolute atomic E-state index is 12.7. The Bertz CT molecular complexity index is 917. The van der Waals surface area contributed by atoms with Crippen molar-refractivity contribution in [1.29, 1.82) is 0 Å². The minimum Gasteiger partial charge on any atom is -0.493 e. The van der Waals surface area contributed by atoms with E-state index in [9.17, 15) is 8.78 Å². The molecule has 7 nitrogen and oxygen atoms in total. The third-order valence-electron chi connectivity index (χ3n) is 5.16. The highest BCUT2D eigenvalue weighted by atomic mass is 127. The molecule has 0 radical (unpaired) electrons. The molecule has 0 saturated carbocycles. The zero-order valence-corrected chi connectivity index (χ0v) is 21.3. The van der Waals surface area contributed by atoms with E-state index in [1.807, 2.05) is 36.1 Å². The smallest absolute Gasteiger partial charge is 0.387 e. The molecule has 182 valence electrons. The van der Waals surface area contributed by atoms with E-state index >= 15 is 0 Å². The van der Waals surface area contributed by atoms with Crippen molar-refractivity contribution in [3.63, 3.8) is 0 Å². The number of aliphatic imine (C=N–C) groups is 1. The molecule has 0 bridgehead atoms. The molecule has 1 aliphatic heterocycles. The van der Waals surface area contributed by atoms with Crippen LogP contribution in [0.5, 0.6) is 17.2 Å². The van der Waals surface area contributed by atoms with Gasteiger partial charge < -0.3 is 29.7 Å². The lowest BCUT2D eigenvalue weighted by molar-refractivity contribution is -0.0495. The summed E-state index contributed by atoms with van der Waals surface area (Å²) >= 11 is 0. The SMILES string of the molecule is CCOc1cc(CNC(=NC)NC2CCN(c3ccccc3OC(F)F)C2)ccc1OC.I. The summed E-state index contributed by atoms with van der Waals surface area (Å²) in [6, 6.07) is 12.8. The summed E-state index contributed by atoms with van der Waals surface area (Å²) in [7, 11) is 3.33. The molecule has 2 aromatic carbocycles. The summed E-state index contributed by atoms with van der Waals surface area (Å²) in [5.74, 6) is 2.26. The Morgan fingerprint density at radius 3 is 2.67 bits per heavy atom. The fourth-order valence-corrected chi connectivity index (χ4v) is 3.68. The molecule has 2 N–H and O–H groups in total. The largest absolute Gasteiger partial charge is 0.493 e. The molecule has 10 heteroatoms. The summed E-state index contributed by atoms with van der Waals surface area (Å²) in [6.07, 6.45) is 0.848. The molecule has 0 aromatic heterocycles. The Morgan fingerprint density at radius 2 is 1.97 bits per heavy atom. The number of hydrogen-bond donors (Lipinski definition) is 2. The van der Waals surface area contributed by atoms with Crippen LogP contribution in [0.1, 0.15) is 18.9 Å². The molecule has 0 spiro atoms. The van der Waals surface area contributed by atoms with Gasteiger partial charge in [0.15, 0.2) is 17.5 Å². The third kappa shape index (κ3) is 7.51. The van der Waals surface area contributed by atoms with Crippen molar-refractivity contribution in [2.45, 2.75) is 32.5 Å². The van der Waals surface area contributed by atoms with E-state index in [1.54, 1.807) is 32.4 Å². The maximum Gasteiger partial charge on any atom is 0.387 e. The molecular formula is C23H31F2IN4O3. The third-order valence-corrected chi connectivity index (χ3v) is 5.16. The summed E-state index contributed by atoms with van der Waals surface area (Å²) in [5, 5.41) is 6.72. The van der Waals surface area contributed by atoms with Crippen molar-refractivity contribution >= 4 is 35.6 Å². The Kier molecular flexibility index (Phi) is 10.8. The number of guanidine groups is 1. The van der Waals surface area contributed by atoms with Crippen molar-refractivity contribution in [3.8, 4) is 17.2 Å². The topological polar surface area (TPSA) is 67.4 Å². The number of methoxy groups -OCH3 is 1. The van der Waals surface area contributed by atoms with Crippen molar-refractivity contribution in [2.24, 2.45) is 4.99 Å². The summed E-state index contributed by atoms with van der Waals surface area (Å²) in [5.41, 5.74) is 1.70. The van der Waals surface area contributed by atoms with Gasteiger partial charge in [0, 0.05) is 32.7 Å². The lowest BCUT2D eigenvalue weighted by Crippen LogP contribution is -2.44. The standard InChI is InChI=1S/C23H30F2N4O3.HI/c1-4-31-21-13-16(9-10-20(21)30-3)14-27-23(26-2)28-17-11-12-29(15-17)18-7-5-6-8-19(18)32-22(24)25;/h5-10,13,17,22H,4,11-12,14-15H2,1-3H3,(H2,26,27,28);1H. The maximum atomic E-state index is 12.7. The van der Waals surface area contributed by atoms with Gasteiger partial charge in [0.1, 0.15) is 5.75 Å². The highest BCUT2D eigenvalue weighted by molar-refractivity contribution is 14.0. The second-order valence-electron chi connectivity index (χ2n) is 7.27. The first-order valence-electron chi connectivity index (χ1n) is 10.6. The number of ether oxygens (including phenoxy) is 3. The van der Waals surface area contributed by atoms with Crippen LogP contribution in [0.15, 0.2) is 47.5 Å². The number of nitrogens with zero attached hydrogens (tertiary/aromatic N) is 2. The van der Waals surface area contributed by atoms with E-state index in [2.05, 4.69) is 20.4 Å². The van der Waals surface area contributed by atoms with E-state index in [0.29, 0.717) is 42.8 Å². The van der Waals surface area contributed by atoms with Crippen LogP contribution >= 0.6 is 24.0 Å². The van der Waals surface area contributed by atoms with Crippen molar-refractivity contribution in [1.82, 2.24) is 10.6 Å². The molecule has 33 heavy (non-hydrogen) atoms. The normalized spacial score (nSPS) is 15.8. The number of rotatable bonds is 9. The number of nitrogens with one attached hydrogen (secondary N) is 2. The van der Waals surface area contributed by atoms with Gasteiger partial charge in [-0.3, -0.25) is 4.99 Å². The fraction of sp³-hybridized carbons (Fsp3) is 0.435. The number of alkyl halides is 2. The van der Waals surface area contributed by atoms with Gasteiger partial charge in [0.25, 0.3) is 0 Å². The van der Waals surface area contributed by atoms with E-state index in [4.69, 9.17) is 9.47 Å². The van der Waals surface area contributed by atoms with Crippen molar-refractivity contribution in [2.75, 3.05) is 38.8 Å².